The van der Waals surface area contributed by atoms with E-state index in [1.54, 1.807) is 13.3 Å². The predicted molar refractivity (Wildman–Crippen MR) is 129 cm³/mol. The van der Waals surface area contributed by atoms with E-state index in [4.69, 9.17) is 19.3 Å². The molecule has 0 unspecified atom stereocenters. The molecule has 0 amide bonds. The zero-order chi connectivity index (χ0) is 22.5. The van der Waals surface area contributed by atoms with Gasteiger partial charge in [0.05, 0.1) is 19.9 Å². The van der Waals surface area contributed by atoms with E-state index in [1.165, 1.54) is 32.8 Å². The first-order chi connectivity index (χ1) is 15.1. The fourth-order valence-electron chi connectivity index (χ4n) is 3.79. The van der Waals surface area contributed by atoms with Crippen molar-refractivity contribution in [2.24, 2.45) is 0 Å². The molecular weight excluding hydrogens is 430 g/mol. The van der Waals surface area contributed by atoms with Gasteiger partial charge in [-0.15, -0.1) is 12.4 Å². The van der Waals surface area contributed by atoms with Crippen molar-refractivity contribution in [3.05, 3.63) is 41.2 Å². The highest BCUT2D eigenvalue weighted by Gasteiger charge is 2.24. The molecule has 0 atom stereocenters. The molecule has 0 radical (unpaired) electrons. The number of benzene rings is 1. The Kier molecular flexibility index (Phi) is 13.6. The zero-order valence-corrected chi connectivity index (χ0v) is 20.4. The van der Waals surface area contributed by atoms with Gasteiger partial charge in [-0.25, -0.2) is 0 Å². The van der Waals surface area contributed by atoms with Crippen LogP contribution in [0, 0.1) is 6.92 Å². The molecule has 0 bridgehead atoms. The van der Waals surface area contributed by atoms with Crippen molar-refractivity contribution in [1.82, 2.24) is 4.98 Å². The average molecular weight is 468 g/mol. The van der Waals surface area contributed by atoms with Crippen molar-refractivity contribution in [2.45, 2.75) is 71.3 Å². The highest BCUT2D eigenvalue weighted by Crippen LogP contribution is 2.49. The molecule has 0 aliphatic carbocycles. The number of aliphatic hydroxyl groups excluding tert-OH is 1. The Hall–Kier alpha value is -2.18. The number of nitrogens with zero attached hydrogens (tertiary/aromatic N) is 1. The first-order valence-electron chi connectivity index (χ1n) is 11.2. The van der Waals surface area contributed by atoms with Gasteiger partial charge in [0, 0.05) is 23.9 Å². The number of halogens is 1. The number of hydrogen-bond acceptors (Lipinski definition) is 6. The third-order valence-corrected chi connectivity index (χ3v) is 5.54. The van der Waals surface area contributed by atoms with Gasteiger partial charge in [0.15, 0.2) is 11.5 Å². The highest BCUT2D eigenvalue weighted by atomic mass is 35.5. The summed E-state index contributed by atoms with van der Waals surface area (Å²) in [5, 5.41) is 19.6. The topological polar surface area (TPSA) is 81.0 Å². The number of methoxy groups -OCH3 is 2. The lowest BCUT2D eigenvalue weighted by atomic mass is 9.98. The second-order valence-corrected chi connectivity index (χ2v) is 7.76. The summed E-state index contributed by atoms with van der Waals surface area (Å²) in [5.74, 6) is 1.43. The Balaban J connectivity index is 0.00000512. The van der Waals surface area contributed by atoms with Crippen LogP contribution in [0.2, 0.25) is 0 Å². The molecular formula is C25H38ClNO5. The molecule has 1 aromatic heterocycles. The first kappa shape index (κ1) is 27.9. The van der Waals surface area contributed by atoms with Crippen LogP contribution in [-0.4, -0.2) is 36.0 Å². The summed E-state index contributed by atoms with van der Waals surface area (Å²) in [6, 6.07) is 5.70. The van der Waals surface area contributed by atoms with Gasteiger partial charge in [0.2, 0.25) is 11.5 Å². The SMILES string of the molecule is COc1c(O)c(CCCCCCCCCCO)c(C)c(OCc2ccccn2)c1OC.Cl. The second-order valence-electron chi connectivity index (χ2n) is 7.76. The molecule has 0 aliphatic rings. The maximum absolute atomic E-state index is 10.8. The van der Waals surface area contributed by atoms with Crippen LogP contribution >= 0.6 is 12.4 Å². The van der Waals surface area contributed by atoms with Gasteiger partial charge >= 0.3 is 0 Å². The molecule has 2 rings (SSSR count). The number of ether oxygens (including phenoxy) is 3. The minimum atomic E-state index is 0. The van der Waals surface area contributed by atoms with Crippen LogP contribution in [0.15, 0.2) is 24.4 Å². The van der Waals surface area contributed by atoms with E-state index in [0.717, 1.165) is 48.9 Å². The Morgan fingerprint density at radius 2 is 1.47 bits per heavy atom. The standard InChI is InChI=1S/C25H37NO5.ClH/c1-19-21(15-10-8-6-4-5-7-9-13-17-27)22(28)24(29-2)25(30-3)23(19)31-18-20-14-11-12-16-26-20;/h11-12,14,16,27-28H,4-10,13,15,17-18H2,1-3H3;1H. The first-order valence-corrected chi connectivity index (χ1v) is 11.2. The monoisotopic (exact) mass is 467 g/mol. The van der Waals surface area contributed by atoms with Crippen molar-refractivity contribution in [3.8, 4) is 23.0 Å². The number of phenols is 1. The number of aliphatic hydroxyl groups is 1. The third kappa shape index (κ3) is 8.06. The van der Waals surface area contributed by atoms with Gasteiger partial charge < -0.3 is 24.4 Å². The van der Waals surface area contributed by atoms with E-state index in [9.17, 15) is 5.11 Å². The van der Waals surface area contributed by atoms with Crippen molar-refractivity contribution < 1.29 is 24.4 Å². The summed E-state index contributed by atoms with van der Waals surface area (Å²) in [5.41, 5.74) is 2.53. The van der Waals surface area contributed by atoms with E-state index in [2.05, 4.69) is 4.98 Å². The van der Waals surface area contributed by atoms with Crippen LogP contribution in [0.3, 0.4) is 0 Å². The van der Waals surface area contributed by atoms with E-state index in [0.29, 0.717) is 30.5 Å². The third-order valence-electron chi connectivity index (χ3n) is 5.54. The fourth-order valence-corrected chi connectivity index (χ4v) is 3.79. The second kappa shape index (κ2) is 15.6. The lowest BCUT2D eigenvalue weighted by Gasteiger charge is -2.21. The van der Waals surface area contributed by atoms with Gasteiger partial charge in [0.25, 0.3) is 0 Å². The lowest BCUT2D eigenvalue weighted by molar-refractivity contribution is 0.265. The molecule has 6 nitrogen and oxygen atoms in total. The smallest absolute Gasteiger partial charge is 0.207 e. The molecule has 1 heterocycles. The molecule has 32 heavy (non-hydrogen) atoms. The van der Waals surface area contributed by atoms with Crippen molar-refractivity contribution in [3.63, 3.8) is 0 Å². The van der Waals surface area contributed by atoms with Crippen LogP contribution in [0.4, 0.5) is 0 Å². The predicted octanol–water partition coefficient (Wildman–Crippen LogP) is 5.77. The van der Waals surface area contributed by atoms with Crippen molar-refractivity contribution in [2.75, 3.05) is 20.8 Å². The van der Waals surface area contributed by atoms with Crippen LogP contribution in [0.5, 0.6) is 23.0 Å². The summed E-state index contributed by atoms with van der Waals surface area (Å²) in [6.07, 6.45) is 11.4. The minimum Gasteiger partial charge on any atom is -0.504 e. The number of phenolic OH excluding ortho intramolecular Hbond substituents is 1. The summed E-state index contributed by atoms with van der Waals surface area (Å²) in [7, 11) is 3.07. The highest BCUT2D eigenvalue weighted by molar-refractivity contribution is 5.85. The zero-order valence-electron chi connectivity index (χ0n) is 19.6. The maximum Gasteiger partial charge on any atom is 0.207 e. The van der Waals surface area contributed by atoms with Crippen LogP contribution < -0.4 is 14.2 Å². The Morgan fingerprint density at radius 1 is 0.844 bits per heavy atom. The lowest BCUT2D eigenvalue weighted by Crippen LogP contribution is -2.05. The Bertz CT molecular complexity index is 786. The molecule has 0 aliphatic heterocycles. The van der Waals surface area contributed by atoms with Crippen LogP contribution in [-0.2, 0) is 13.0 Å². The van der Waals surface area contributed by atoms with E-state index >= 15 is 0 Å². The minimum absolute atomic E-state index is 0. The van der Waals surface area contributed by atoms with Gasteiger partial charge in [0.1, 0.15) is 6.61 Å². The molecule has 0 spiro atoms. The molecule has 180 valence electrons. The van der Waals surface area contributed by atoms with Crippen LogP contribution in [0.25, 0.3) is 0 Å². The number of aromatic hydroxyl groups is 1. The number of hydrogen-bond donors (Lipinski definition) is 2. The number of rotatable bonds is 15. The van der Waals surface area contributed by atoms with E-state index in [-0.39, 0.29) is 18.2 Å². The van der Waals surface area contributed by atoms with Crippen LogP contribution in [0.1, 0.15) is 68.2 Å². The number of aromatic nitrogens is 1. The Morgan fingerprint density at radius 3 is 2.03 bits per heavy atom. The molecule has 1 aromatic carbocycles. The number of pyridine rings is 1. The van der Waals surface area contributed by atoms with E-state index in [1.807, 2.05) is 25.1 Å². The average Bonchev–Trinajstić information content (AvgIpc) is 2.79. The van der Waals surface area contributed by atoms with Gasteiger partial charge in [-0.05, 0) is 38.3 Å². The number of unbranched alkanes of at least 4 members (excludes halogenated alkanes) is 7. The normalized spacial score (nSPS) is 10.5. The fraction of sp³-hybridized carbons (Fsp3) is 0.560. The quantitative estimate of drug-likeness (QED) is 0.323. The van der Waals surface area contributed by atoms with E-state index < -0.39 is 0 Å². The maximum atomic E-state index is 10.8. The van der Waals surface area contributed by atoms with Crippen molar-refractivity contribution >= 4 is 12.4 Å². The van der Waals surface area contributed by atoms with Gasteiger partial charge in [-0.3, -0.25) is 4.98 Å². The summed E-state index contributed by atoms with van der Waals surface area (Å²) >= 11 is 0. The summed E-state index contributed by atoms with van der Waals surface area (Å²) < 4.78 is 17.1. The molecule has 0 saturated carbocycles. The Labute approximate surface area is 198 Å². The van der Waals surface area contributed by atoms with Gasteiger partial charge in [-0.1, -0.05) is 44.6 Å². The largest absolute Gasteiger partial charge is 0.504 e. The molecule has 2 aromatic rings. The van der Waals surface area contributed by atoms with Gasteiger partial charge in [-0.2, -0.15) is 0 Å². The molecule has 0 fully saturated rings. The molecule has 7 heteroatoms. The van der Waals surface area contributed by atoms with Crippen molar-refractivity contribution in [1.29, 1.82) is 0 Å². The molecule has 0 saturated heterocycles. The summed E-state index contributed by atoms with van der Waals surface area (Å²) in [6.45, 7) is 2.55. The summed E-state index contributed by atoms with van der Waals surface area (Å²) in [4.78, 5) is 4.30. The molecule has 2 N–H and O–H groups in total.